The summed E-state index contributed by atoms with van der Waals surface area (Å²) in [5, 5.41) is 9.08. The number of aliphatic hydroxyl groups is 1. The van der Waals surface area contributed by atoms with Crippen molar-refractivity contribution in [3.8, 4) is 0 Å². The number of aryl methyl sites for hydroxylation is 1. The van der Waals surface area contributed by atoms with Crippen molar-refractivity contribution in [2.24, 2.45) is 11.8 Å². The van der Waals surface area contributed by atoms with Gasteiger partial charge in [0, 0.05) is 11.3 Å². The molecule has 0 bridgehead atoms. The van der Waals surface area contributed by atoms with Crippen LogP contribution < -0.4 is 5.56 Å². The van der Waals surface area contributed by atoms with Gasteiger partial charge >= 0.3 is 0 Å². The van der Waals surface area contributed by atoms with E-state index in [0.717, 1.165) is 25.0 Å². The quantitative estimate of drug-likeness (QED) is 0.797. The fraction of sp³-hybridized carbons (Fsp3) is 0.615. The molecule has 0 aromatic carbocycles. The summed E-state index contributed by atoms with van der Waals surface area (Å²) >= 11 is 0. The second-order valence-corrected chi connectivity index (χ2v) is 5.03. The van der Waals surface area contributed by atoms with Crippen molar-refractivity contribution in [2.45, 2.75) is 39.7 Å². The molecule has 0 spiro atoms. The van der Waals surface area contributed by atoms with Crippen LogP contribution in [0.5, 0.6) is 0 Å². The van der Waals surface area contributed by atoms with Gasteiger partial charge in [0.1, 0.15) is 0 Å². The first kappa shape index (κ1) is 11.4. The summed E-state index contributed by atoms with van der Waals surface area (Å²) in [5.41, 5.74) is 2.64. The summed E-state index contributed by atoms with van der Waals surface area (Å²) in [5.74, 6) is 1.38. The Bertz CT molecular complexity index is 434. The van der Waals surface area contributed by atoms with Gasteiger partial charge in [0.2, 0.25) is 0 Å². The number of aromatic nitrogens is 1. The highest BCUT2D eigenvalue weighted by Gasteiger charge is 2.22. The predicted molar refractivity (Wildman–Crippen MR) is 63.3 cm³/mol. The zero-order chi connectivity index (χ0) is 11.7. The lowest BCUT2D eigenvalue weighted by atomic mass is 9.80. The number of H-pyrrole nitrogens is 1. The average molecular weight is 221 g/mol. The van der Waals surface area contributed by atoms with Crippen LogP contribution in [-0.2, 0) is 19.4 Å². The van der Waals surface area contributed by atoms with E-state index in [1.54, 1.807) is 0 Å². The van der Waals surface area contributed by atoms with Crippen LogP contribution in [0.15, 0.2) is 10.9 Å². The molecule has 1 atom stereocenters. The number of aromatic amines is 1. The van der Waals surface area contributed by atoms with Crippen molar-refractivity contribution in [1.29, 1.82) is 0 Å². The van der Waals surface area contributed by atoms with Gasteiger partial charge in [-0.05, 0) is 42.7 Å². The van der Waals surface area contributed by atoms with Gasteiger partial charge in [0.25, 0.3) is 5.56 Å². The lowest BCUT2D eigenvalue weighted by molar-refractivity contribution is 0.279. The Morgan fingerprint density at radius 3 is 2.94 bits per heavy atom. The Hall–Kier alpha value is -1.09. The zero-order valence-electron chi connectivity index (χ0n) is 9.92. The molecule has 0 fully saturated rings. The summed E-state index contributed by atoms with van der Waals surface area (Å²) in [7, 11) is 0. The number of fused-ring (bicyclic) bond motifs is 1. The highest BCUT2D eigenvalue weighted by atomic mass is 16.3. The Balaban J connectivity index is 2.34. The van der Waals surface area contributed by atoms with Crippen LogP contribution >= 0.6 is 0 Å². The maximum atomic E-state index is 11.5. The van der Waals surface area contributed by atoms with E-state index in [2.05, 4.69) is 18.8 Å². The van der Waals surface area contributed by atoms with E-state index in [1.165, 1.54) is 5.56 Å². The Morgan fingerprint density at radius 2 is 2.31 bits per heavy atom. The largest absolute Gasteiger partial charge is 0.391 e. The molecule has 88 valence electrons. The standard InChI is InChI=1S/C13H19NO2/c1-8(2)9-3-4-12-10(5-9)6-11(7-15)13(16)14-12/h6,8-9,15H,3-5,7H2,1-2H3,(H,14,16). The van der Waals surface area contributed by atoms with E-state index >= 15 is 0 Å². The first-order valence-electron chi connectivity index (χ1n) is 5.96. The minimum Gasteiger partial charge on any atom is -0.391 e. The maximum Gasteiger partial charge on any atom is 0.253 e. The Morgan fingerprint density at radius 1 is 1.56 bits per heavy atom. The second-order valence-electron chi connectivity index (χ2n) is 5.03. The SMILES string of the molecule is CC(C)C1CCc2[nH]c(=O)c(CO)cc2C1. The zero-order valence-corrected chi connectivity index (χ0v) is 9.92. The summed E-state index contributed by atoms with van der Waals surface area (Å²) in [6.45, 7) is 4.32. The molecular weight excluding hydrogens is 202 g/mol. The molecule has 0 saturated carbocycles. The van der Waals surface area contributed by atoms with Gasteiger partial charge in [-0.15, -0.1) is 0 Å². The minimum absolute atomic E-state index is 0.135. The Kier molecular flexibility index (Phi) is 3.15. The fourth-order valence-electron chi connectivity index (χ4n) is 2.47. The molecule has 1 aromatic rings. The number of rotatable bonds is 2. The molecule has 2 N–H and O–H groups in total. The molecule has 3 heteroatoms. The van der Waals surface area contributed by atoms with Crippen LogP contribution in [0.4, 0.5) is 0 Å². The van der Waals surface area contributed by atoms with Crippen molar-refractivity contribution in [3.05, 3.63) is 33.2 Å². The minimum atomic E-state index is -0.172. The summed E-state index contributed by atoms with van der Waals surface area (Å²) in [6.07, 6.45) is 3.13. The van der Waals surface area contributed by atoms with Crippen molar-refractivity contribution in [3.63, 3.8) is 0 Å². The number of pyridine rings is 1. The highest BCUT2D eigenvalue weighted by molar-refractivity contribution is 5.27. The third kappa shape index (κ3) is 2.05. The van der Waals surface area contributed by atoms with Crippen molar-refractivity contribution in [2.75, 3.05) is 0 Å². The van der Waals surface area contributed by atoms with E-state index in [-0.39, 0.29) is 12.2 Å². The number of hydrogen-bond acceptors (Lipinski definition) is 2. The molecule has 0 saturated heterocycles. The predicted octanol–water partition coefficient (Wildman–Crippen LogP) is 1.63. The van der Waals surface area contributed by atoms with Gasteiger partial charge < -0.3 is 10.1 Å². The molecule has 1 unspecified atom stereocenters. The topological polar surface area (TPSA) is 53.1 Å². The summed E-state index contributed by atoms with van der Waals surface area (Å²) in [6, 6.07) is 1.88. The monoisotopic (exact) mass is 221 g/mol. The van der Waals surface area contributed by atoms with Gasteiger partial charge in [-0.3, -0.25) is 4.79 Å². The first-order valence-corrected chi connectivity index (χ1v) is 5.96. The van der Waals surface area contributed by atoms with E-state index < -0.39 is 0 Å². The third-order valence-corrected chi connectivity index (χ3v) is 3.65. The molecule has 1 heterocycles. The van der Waals surface area contributed by atoms with Gasteiger partial charge in [-0.2, -0.15) is 0 Å². The highest BCUT2D eigenvalue weighted by Crippen LogP contribution is 2.28. The molecule has 16 heavy (non-hydrogen) atoms. The smallest absolute Gasteiger partial charge is 0.253 e. The van der Waals surface area contributed by atoms with Crippen LogP contribution in [0, 0.1) is 11.8 Å². The van der Waals surface area contributed by atoms with Crippen LogP contribution in [0.2, 0.25) is 0 Å². The van der Waals surface area contributed by atoms with Gasteiger partial charge in [0.15, 0.2) is 0 Å². The molecule has 0 amide bonds. The summed E-state index contributed by atoms with van der Waals surface area (Å²) in [4.78, 5) is 14.4. The molecule has 0 radical (unpaired) electrons. The molecular formula is C13H19NO2. The molecule has 1 aromatic heterocycles. The van der Waals surface area contributed by atoms with Crippen molar-refractivity contribution < 1.29 is 5.11 Å². The van der Waals surface area contributed by atoms with Gasteiger partial charge in [0.05, 0.1) is 6.61 Å². The molecule has 1 aliphatic carbocycles. The third-order valence-electron chi connectivity index (χ3n) is 3.65. The Labute approximate surface area is 95.5 Å². The summed E-state index contributed by atoms with van der Waals surface area (Å²) < 4.78 is 0. The van der Waals surface area contributed by atoms with Crippen LogP contribution in [0.1, 0.15) is 37.1 Å². The van der Waals surface area contributed by atoms with E-state index in [0.29, 0.717) is 17.4 Å². The number of hydrogen-bond donors (Lipinski definition) is 2. The van der Waals surface area contributed by atoms with Gasteiger partial charge in [-0.25, -0.2) is 0 Å². The van der Waals surface area contributed by atoms with E-state index in [1.807, 2.05) is 6.07 Å². The van der Waals surface area contributed by atoms with Crippen LogP contribution in [0.3, 0.4) is 0 Å². The lowest BCUT2D eigenvalue weighted by Gasteiger charge is -2.27. The van der Waals surface area contributed by atoms with Crippen LogP contribution in [-0.4, -0.2) is 10.1 Å². The molecule has 1 aliphatic rings. The molecule has 0 aliphatic heterocycles. The maximum absolute atomic E-state index is 11.5. The lowest BCUT2D eigenvalue weighted by Crippen LogP contribution is -2.24. The van der Waals surface area contributed by atoms with Crippen LogP contribution in [0.25, 0.3) is 0 Å². The van der Waals surface area contributed by atoms with Crippen molar-refractivity contribution >= 4 is 0 Å². The number of nitrogens with one attached hydrogen (secondary N) is 1. The second kappa shape index (κ2) is 4.42. The average Bonchev–Trinajstić information content (AvgIpc) is 2.27. The van der Waals surface area contributed by atoms with E-state index in [9.17, 15) is 4.79 Å². The van der Waals surface area contributed by atoms with E-state index in [4.69, 9.17) is 5.11 Å². The van der Waals surface area contributed by atoms with Crippen molar-refractivity contribution in [1.82, 2.24) is 4.98 Å². The normalized spacial score (nSPS) is 19.9. The first-order chi connectivity index (χ1) is 7.61. The molecule has 2 rings (SSSR count). The number of aliphatic hydroxyl groups excluding tert-OH is 1. The van der Waals surface area contributed by atoms with Gasteiger partial charge in [-0.1, -0.05) is 13.8 Å². The fourth-order valence-corrected chi connectivity index (χ4v) is 2.47. The molecule has 3 nitrogen and oxygen atoms in total.